The predicted molar refractivity (Wildman–Crippen MR) is 101 cm³/mol. The van der Waals surface area contributed by atoms with Gasteiger partial charge in [-0.3, -0.25) is 9.25 Å². The van der Waals surface area contributed by atoms with Crippen LogP contribution >= 0.6 is 12.4 Å². The molecule has 138 valence electrons. The largest absolute Gasteiger partial charge is 0.497 e. The normalized spacial score (nSPS) is 13.5. The summed E-state index contributed by atoms with van der Waals surface area (Å²) < 4.78 is 14.9. The summed E-state index contributed by atoms with van der Waals surface area (Å²) in [6.45, 7) is 2.78. The Kier molecular flexibility index (Phi) is 5.49. The lowest BCUT2D eigenvalue weighted by atomic mass is 10.2. The second kappa shape index (κ2) is 7.80. The number of ether oxygens (including phenoxy) is 2. The van der Waals surface area contributed by atoms with E-state index in [0.717, 1.165) is 54.8 Å². The molecule has 0 saturated heterocycles. The third-order valence-electron chi connectivity index (χ3n) is 4.41. The van der Waals surface area contributed by atoms with Crippen molar-refractivity contribution in [2.75, 3.05) is 20.8 Å². The van der Waals surface area contributed by atoms with Gasteiger partial charge in [0.1, 0.15) is 17.2 Å². The molecule has 0 radical (unpaired) electrons. The molecular formula is C18H22ClN5O2. The summed E-state index contributed by atoms with van der Waals surface area (Å²) in [7, 11) is 3.29. The molecule has 4 rings (SSSR count). The van der Waals surface area contributed by atoms with Gasteiger partial charge in [0.15, 0.2) is 5.82 Å². The summed E-state index contributed by atoms with van der Waals surface area (Å²) in [5, 5.41) is 8.17. The highest BCUT2D eigenvalue weighted by Gasteiger charge is 2.18. The molecule has 0 bridgehead atoms. The van der Waals surface area contributed by atoms with Gasteiger partial charge in [-0.15, -0.1) is 12.4 Å². The number of aryl methyl sites for hydroxylation is 1. The second-order valence-electron chi connectivity index (χ2n) is 5.93. The van der Waals surface area contributed by atoms with Crippen LogP contribution in [0.3, 0.4) is 0 Å². The fraction of sp³-hybridized carbons (Fsp3) is 0.333. The summed E-state index contributed by atoms with van der Waals surface area (Å²) in [5.74, 6) is 2.27. The number of fused-ring (bicyclic) bond motifs is 1. The molecule has 0 unspecified atom stereocenters. The minimum absolute atomic E-state index is 0. The van der Waals surface area contributed by atoms with Gasteiger partial charge in [0.25, 0.3) is 0 Å². The van der Waals surface area contributed by atoms with Crippen LogP contribution in [0.4, 0.5) is 0 Å². The monoisotopic (exact) mass is 375 g/mol. The third-order valence-corrected chi connectivity index (χ3v) is 4.41. The molecule has 0 saturated carbocycles. The number of methoxy groups -OCH3 is 2. The van der Waals surface area contributed by atoms with Gasteiger partial charge in [0.2, 0.25) is 0 Å². The van der Waals surface area contributed by atoms with E-state index in [1.165, 1.54) is 5.69 Å². The number of nitrogens with one attached hydrogen (secondary N) is 1. The predicted octanol–water partition coefficient (Wildman–Crippen LogP) is 2.67. The van der Waals surface area contributed by atoms with Crippen LogP contribution in [0.15, 0.2) is 36.7 Å². The zero-order valence-electron chi connectivity index (χ0n) is 14.8. The van der Waals surface area contributed by atoms with Crippen LogP contribution < -0.4 is 14.8 Å². The van der Waals surface area contributed by atoms with E-state index in [1.807, 2.05) is 29.0 Å². The molecule has 3 heterocycles. The Morgan fingerprint density at radius 1 is 1.15 bits per heavy atom. The number of halogens is 1. The lowest BCUT2D eigenvalue weighted by Crippen LogP contribution is -2.11. The average molecular weight is 376 g/mol. The van der Waals surface area contributed by atoms with Crippen LogP contribution in [-0.2, 0) is 13.1 Å². The number of benzene rings is 1. The minimum Gasteiger partial charge on any atom is -0.497 e. The molecule has 2 aromatic heterocycles. The van der Waals surface area contributed by atoms with E-state index in [-0.39, 0.29) is 12.4 Å². The van der Waals surface area contributed by atoms with Gasteiger partial charge in [0, 0.05) is 31.5 Å². The molecule has 0 spiro atoms. The van der Waals surface area contributed by atoms with Crippen molar-refractivity contribution in [3.8, 4) is 28.7 Å². The molecule has 1 aliphatic rings. The van der Waals surface area contributed by atoms with Crippen molar-refractivity contribution < 1.29 is 9.47 Å². The first-order valence-electron chi connectivity index (χ1n) is 8.33. The van der Waals surface area contributed by atoms with Gasteiger partial charge in [-0.25, -0.2) is 4.98 Å². The summed E-state index contributed by atoms with van der Waals surface area (Å²) in [4.78, 5) is 4.53. The number of hydrogen-bond acceptors (Lipinski definition) is 5. The number of hydrogen-bond donors (Lipinski definition) is 1. The minimum atomic E-state index is 0. The van der Waals surface area contributed by atoms with Crippen LogP contribution in [0.2, 0.25) is 0 Å². The maximum Gasteiger partial charge on any atom is 0.165 e. The Balaban J connectivity index is 0.00000196. The van der Waals surface area contributed by atoms with Gasteiger partial charge >= 0.3 is 0 Å². The maximum absolute atomic E-state index is 5.54. The highest BCUT2D eigenvalue weighted by molar-refractivity contribution is 5.85. The van der Waals surface area contributed by atoms with Gasteiger partial charge < -0.3 is 14.8 Å². The Bertz CT molecular complexity index is 866. The summed E-state index contributed by atoms with van der Waals surface area (Å²) in [6, 6.07) is 7.85. The fourth-order valence-electron chi connectivity index (χ4n) is 3.14. The van der Waals surface area contributed by atoms with E-state index in [1.54, 1.807) is 20.4 Å². The standard InChI is InChI=1S/C18H21N5O2.ClH/c1-24-14-4-5-16(17(11-14)25-2)22-9-7-20-18(22)15-10-13-12-19-6-3-8-23(13)21-15;/h4-5,7,9-11,19H,3,6,8,12H2,1-2H3;1H. The fourth-order valence-corrected chi connectivity index (χ4v) is 3.14. The van der Waals surface area contributed by atoms with Gasteiger partial charge in [-0.2, -0.15) is 5.10 Å². The first-order valence-corrected chi connectivity index (χ1v) is 8.33. The van der Waals surface area contributed by atoms with Crippen molar-refractivity contribution in [2.45, 2.75) is 19.5 Å². The molecule has 0 amide bonds. The molecule has 0 atom stereocenters. The molecular weight excluding hydrogens is 354 g/mol. The summed E-state index contributed by atoms with van der Waals surface area (Å²) >= 11 is 0. The van der Waals surface area contributed by atoms with Crippen molar-refractivity contribution in [1.29, 1.82) is 0 Å². The van der Waals surface area contributed by atoms with Crippen LogP contribution in [0, 0.1) is 0 Å². The van der Waals surface area contributed by atoms with E-state index >= 15 is 0 Å². The maximum atomic E-state index is 5.54. The molecule has 8 heteroatoms. The Morgan fingerprint density at radius 2 is 2.04 bits per heavy atom. The second-order valence-corrected chi connectivity index (χ2v) is 5.93. The van der Waals surface area contributed by atoms with E-state index in [4.69, 9.17) is 14.6 Å². The first kappa shape index (κ1) is 18.3. The van der Waals surface area contributed by atoms with Gasteiger partial charge in [0.05, 0.1) is 25.6 Å². The Hall–Kier alpha value is -2.51. The highest BCUT2D eigenvalue weighted by Crippen LogP contribution is 2.31. The Morgan fingerprint density at radius 3 is 2.85 bits per heavy atom. The first-order chi connectivity index (χ1) is 12.3. The van der Waals surface area contributed by atoms with E-state index in [2.05, 4.69) is 21.0 Å². The molecule has 1 aromatic carbocycles. The van der Waals surface area contributed by atoms with Crippen molar-refractivity contribution in [3.05, 3.63) is 42.4 Å². The van der Waals surface area contributed by atoms with Crippen LogP contribution in [0.5, 0.6) is 11.5 Å². The molecule has 3 aromatic rings. The molecule has 1 N–H and O–H groups in total. The quantitative estimate of drug-likeness (QED) is 0.759. The van der Waals surface area contributed by atoms with Gasteiger partial charge in [-0.05, 0) is 31.2 Å². The number of rotatable bonds is 4. The Labute approximate surface area is 158 Å². The zero-order valence-corrected chi connectivity index (χ0v) is 15.6. The topological polar surface area (TPSA) is 66.1 Å². The smallest absolute Gasteiger partial charge is 0.165 e. The van der Waals surface area contributed by atoms with Crippen molar-refractivity contribution in [2.24, 2.45) is 0 Å². The summed E-state index contributed by atoms with van der Waals surface area (Å²) in [5.41, 5.74) is 2.95. The molecule has 1 aliphatic heterocycles. The molecule has 26 heavy (non-hydrogen) atoms. The van der Waals surface area contributed by atoms with Crippen LogP contribution in [-0.4, -0.2) is 40.1 Å². The van der Waals surface area contributed by atoms with E-state index in [9.17, 15) is 0 Å². The highest BCUT2D eigenvalue weighted by atomic mass is 35.5. The molecule has 0 fully saturated rings. The zero-order chi connectivity index (χ0) is 17.2. The van der Waals surface area contributed by atoms with Gasteiger partial charge in [-0.1, -0.05) is 0 Å². The average Bonchev–Trinajstić information content (AvgIpc) is 3.23. The van der Waals surface area contributed by atoms with E-state index < -0.39 is 0 Å². The lowest BCUT2D eigenvalue weighted by Gasteiger charge is -2.12. The number of aromatic nitrogens is 4. The number of nitrogens with zero attached hydrogens (tertiary/aromatic N) is 4. The van der Waals surface area contributed by atoms with E-state index in [0.29, 0.717) is 0 Å². The molecule has 7 nitrogen and oxygen atoms in total. The van der Waals surface area contributed by atoms with Crippen molar-refractivity contribution >= 4 is 12.4 Å². The van der Waals surface area contributed by atoms with Crippen LogP contribution in [0.1, 0.15) is 12.1 Å². The van der Waals surface area contributed by atoms with Crippen molar-refractivity contribution in [1.82, 2.24) is 24.6 Å². The van der Waals surface area contributed by atoms with Crippen LogP contribution in [0.25, 0.3) is 17.2 Å². The molecule has 0 aliphatic carbocycles. The third kappa shape index (κ3) is 3.27. The summed E-state index contributed by atoms with van der Waals surface area (Å²) in [6.07, 6.45) is 4.78. The number of imidazole rings is 1. The van der Waals surface area contributed by atoms with Crippen molar-refractivity contribution in [3.63, 3.8) is 0 Å². The SMILES string of the molecule is COc1ccc(-n2ccnc2-c2cc3n(n2)CCCNC3)c(OC)c1.Cl. The lowest BCUT2D eigenvalue weighted by molar-refractivity contribution is 0.393.